The predicted octanol–water partition coefficient (Wildman–Crippen LogP) is 3.04. The number of benzene rings is 1. The number of hydrogen-bond acceptors (Lipinski definition) is 3. The van der Waals surface area contributed by atoms with Gasteiger partial charge >= 0.3 is 5.97 Å². The number of hydrogen-bond donors (Lipinski definition) is 2. The van der Waals surface area contributed by atoms with Crippen molar-refractivity contribution in [2.75, 3.05) is 5.32 Å². The Morgan fingerprint density at radius 2 is 2.22 bits per heavy atom. The minimum Gasteiger partial charge on any atom is -0.478 e. The molecule has 0 radical (unpaired) electrons. The molecule has 0 aliphatic heterocycles. The number of carboxylic acids is 1. The number of aromatic carboxylic acids is 1. The lowest BCUT2D eigenvalue weighted by molar-refractivity contribution is 0.0697. The molecule has 0 saturated heterocycles. The van der Waals surface area contributed by atoms with Gasteiger partial charge in [0.2, 0.25) is 0 Å². The van der Waals surface area contributed by atoms with Crippen LogP contribution in [0.25, 0.3) is 0 Å². The number of halogens is 1. The first kappa shape index (κ1) is 12.2. The lowest BCUT2D eigenvalue weighted by Gasteiger charge is -2.07. The van der Waals surface area contributed by atoms with Gasteiger partial charge in [0.15, 0.2) is 0 Å². The van der Waals surface area contributed by atoms with Crippen molar-refractivity contribution in [3.05, 3.63) is 53.2 Å². The van der Waals surface area contributed by atoms with Gasteiger partial charge in [0.05, 0.1) is 24.1 Å². The molecule has 2 N–H and O–H groups in total. The second-order valence-corrected chi connectivity index (χ2v) is 3.88. The summed E-state index contributed by atoms with van der Waals surface area (Å²) in [5.41, 5.74) is 1.14. The van der Waals surface area contributed by atoms with Crippen molar-refractivity contribution in [2.45, 2.75) is 13.5 Å². The Balaban J connectivity index is 2.16. The second kappa shape index (κ2) is 4.91. The summed E-state index contributed by atoms with van der Waals surface area (Å²) in [5.74, 6) is -0.897. The number of anilines is 1. The second-order valence-electron chi connectivity index (χ2n) is 3.88. The highest BCUT2D eigenvalue weighted by atomic mass is 19.1. The zero-order valence-electron chi connectivity index (χ0n) is 9.74. The zero-order chi connectivity index (χ0) is 13.1. The summed E-state index contributed by atoms with van der Waals surface area (Å²) in [4.78, 5) is 10.8. The molecule has 94 valence electrons. The SMILES string of the molecule is Cc1ccoc1CNc1cc(C(=O)O)ccc1F. The molecule has 0 aliphatic carbocycles. The van der Waals surface area contributed by atoms with E-state index in [1.165, 1.54) is 12.1 Å². The standard InChI is InChI=1S/C13H12FNO3/c1-8-4-5-18-12(8)7-15-11-6-9(13(16)17)2-3-10(11)14/h2-6,15H,7H2,1H3,(H,16,17). The summed E-state index contributed by atoms with van der Waals surface area (Å²) >= 11 is 0. The predicted molar refractivity (Wildman–Crippen MR) is 64.1 cm³/mol. The summed E-state index contributed by atoms with van der Waals surface area (Å²) in [5, 5.41) is 11.6. The Labute approximate surface area is 103 Å². The largest absolute Gasteiger partial charge is 0.478 e. The molecule has 18 heavy (non-hydrogen) atoms. The highest BCUT2D eigenvalue weighted by Gasteiger charge is 2.09. The minimum absolute atomic E-state index is 0.0371. The van der Waals surface area contributed by atoms with Crippen LogP contribution in [0.3, 0.4) is 0 Å². The van der Waals surface area contributed by atoms with E-state index in [0.717, 1.165) is 11.6 Å². The average Bonchev–Trinajstić information content (AvgIpc) is 2.73. The van der Waals surface area contributed by atoms with E-state index in [-0.39, 0.29) is 11.3 Å². The van der Waals surface area contributed by atoms with Gasteiger partial charge in [-0.3, -0.25) is 0 Å². The van der Waals surface area contributed by atoms with Gasteiger partial charge in [0, 0.05) is 0 Å². The van der Waals surface area contributed by atoms with Gasteiger partial charge in [0.25, 0.3) is 0 Å². The molecular formula is C13H12FNO3. The van der Waals surface area contributed by atoms with Crippen molar-refractivity contribution in [3.63, 3.8) is 0 Å². The number of carbonyl (C=O) groups is 1. The van der Waals surface area contributed by atoms with E-state index in [9.17, 15) is 9.18 Å². The first-order chi connectivity index (χ1) is 8.58. The molecule has 0 unspecified atom stereocenters. The molecule has 0 atom stereocenters. The Morgan fingerprint density at radius 1 is 1.44 bits per heavy atom. The maximum absolute atomic E-state index is 13.5. The first-order valence-electron chi connectivity index (χ1n) is 5.37. The molecule has 2 aromatic rings. The topological polar surface area (TPSA) is 62.5 Å². The van der Waals surface area contributed by atoms with Crippen LogP contribution >= 0.6 is 0 Å². The smallest absolute Gasteiger partial charge is 0.335 e. The Hall–Kier alpha value is -2.30. The number of carboxylic acid groups (broad SMARTS) is 1. The van der Waals surface area contributed by atoms with Crippen LogP contribution in [0.4, 0.5) is 10.1 Å². The van der Waals surface area contributed by atoms with Gasteiger partial charge in [-0.25, -0.2) is 9.18 Å². The number of aryl methyl sites for hydroxylation is 1. The van der Waals surface area contributed by atoms with Gasteiger partial charge < -0.3 is 14.8 Å². The molecule has 0 bridgehead atoms. The van der Waals surface area contributed by atoms with Gasteiger partial charge in [0.1, 0.15) is 11.6 Å². The van der Waals surface area contributed by atoms with Crippen molar-refractivity contribution in [3.8, 4) is 0 Å². The van der Waals surface area contributed by atoms with E-state index >= 15 is 0 Å². The lowest BCUT2D eigenvalue weighted by Crippen LogP contribution is -2.04. The average molecular weight is 249 g/mol. The van der Waals surface area contributed by atoms with Crippen molar-refractivity contribution in [2.24, 2.45) is 0 Å². The summed E-state index contributed by atoms with van der Waals surface area (Å²) in [6.07, 6.45) is 1.55. The quantitative estimate of drug-likeness (QED) is 0.874. The molecule has 0 aliphatic rings. The third kappa shape index (κ3) is 2.51. The molecular weight excluding hydrogens is 237 g/mol. The van der Waals surface area contributed by atoms with Crippen LogP contribution in [-0.4, -0.2) is 11.1 Å². The van der Waals surface area contributed by atoms with E-state index in [1.807, 2.05) is 6.92 Å². The van der Waals surface area contributed by atoms with Crippen molar-refractivity contribution in [1.82, 2.24) is 0 Å². The van der Waals surface area contributed by atoms with E-state index < -0.39 is 11.8 Å². The molecule has 0 spiro atoms. The third-order valence-electron chi connectivity index (χ3n) is 2.62. The fraction of sp³-hybridized carbons (Fsp3) is 0.154. The van der Waals surface area contributed by atoms with E-state index in [4.69, 9.17) is 9.52 Å². The number of furan rings is 1. The maximum Gasteiger partial charge on any atom is 0.335 e. The first-order valence-corrected chi connectivity index (χ1v) is 5.37. The minimum atomic E-state index is -1.09. The third-order valence-corrected chi connectivity index (χ3v) is 2.62. The molecule has 1 aromatic carbocycles. The summed E-state index contributed by atoms with van der Waals surface area (Å²) in [6.45, 7) is 2.18. The molecule has 1 aromatic heterocycles. The van der Waals surface area contributed by atoms with Gasteiger partial charge in [-0.1, -0.05) is 0 Å². The van der Waals surface area contributed by atoms with Crippen LogP contribution in [0, 0.1) is 12.7 Å². The van der Waals surface area contributed by atoms with Gasteiger partial charge in [-0.05, 0) is 36.8 Å². The molecule has 0 fully saturated rings. The zero-order valence-corrected chi connectivity index (χ0v) is 9.74. The van der Waals surface area contributed by atoms with E-state index in [1.54, 1.807) is 12.3 Å². The molecule has 0 amide bonds. The monoisotopic (exact) mass is 249 g/mol. The van der Waals surface area contributed by atoms with E-state index in [0.29, 0.717) is 12.3 Å². The van der Waals surface area contributed by atoms with Crippen LogP contribution in [0.1, 0.15) is 21.7 Å². The fourth-order valence-electron chi connectivity index (χ4n) is 1.55. The normalized spacial score (nSPS) is 10.3. The Morgan fingerprint density at radius 3 is 2.83 bits per heavy atom. The summed E-state index contributed by atoms with van der Waals surface area (Å²) < 4.78 is 18.7. The highest BCUT2D eigenvalue weighted by Crippen LogP contribution is 2.18. The summed E-state index contributed by atoms with van der Waals surface area (Å²) in [7, 11) is 0. The van der Waals surface area contributed by atoms with Gasteiger partial charge in [-0.2, -0.15) is 0 Å². The molecule has 5 heteroatoms. The van der Waals surface area contributed by atoms with Crippen molar-refractivity contribution < 1.29 is 18.7 Å². The Bertz CT molecular complexity index is 577. The van der Waals surface area contributed by atoms with Gasteiger partial charge in [-0.15, -0.1) is 0 Å². The Kier molecular flexibility index (Phi) is 3.32. The van der Waals surface area contributed by atoms with Crippen LogP contribution in [0.2, 0.25) is 0 Å². The molecule has 0 saturated carbocycles. The fourth-order valence-corrected chi connectivity index (χ4v) is 1.55. The molecule has 4 nitrogen and oxygen atoms in total. The van der Waals surface area contributed by atoms with Crippen molar-refractivity contribution in [1.29, 1.82) is 0 Å². The van der Waals surface area contributed by atoms with Crippen LogP contribution < -0.4 is 5.32 Å². The number of rotatable bonds is 4. The van der Waals surface area contributed by atoms with Crippen LogP contribution in [0.15, 0.2) is 34.9 Å². The molecule has 2 rings (SSSR count). The highest BCUT2D eigenvalue weighted by molar-refractivity contribution is 5.88. The maximum atomic E-state index is 13.5. The summed E-state index contributed by atoms with van der Waals surface area (Å²) in [6, 6.07) is 5.42. The van der Waals surface area contributed by atoms with Crippen molar-refractivity contribution >= 4 is 11.7 Å². The lowest BCUT2D eigenvalue weighted by atomic mass is 10.2. The van der Waals surface area contributed by atoms with Crippen LogP contribution in [-0.2, 0) is 6.54 Å². The molecule has 1 heterocycles. The van der Waals surface area contributed by atoms with Crippen LogP contribution in [0.5, 0.6) is 0 Å². The number of nitrogens with one attached hydrogen (secondary N) is 1. The van der Waals surface area contributed by atoms with E-state index in [2.05, 4.69) is 5.32 Å².